The topological polar surface area (TPSA) is 55.1 Å². The van der Waals surface area contributed by atoms with E-state index in [9.17, 15) is 4.79 Å². The molecule has 0 radical (unpaired) electrons. The van der Waals surface area contributed by atoms with E-state index in [1.165, 1.54) is 5.56 Å². The lowest BCUT2D eigenvalue weighted by Crippen LogP contribution is -2.53. The average Bonchev–Trinajstić information content (AvgIpc) is 2.36. The largest absolute Gasteiger partial charge is 0.368 e. The van der Waals surface area contributed by atoms with Crippen molar-refractivity contribution in [2.24, 2.45) is 5.73 Å². The van der Waals surface area contributed by atoms with Gasteiger partial charge in [-0.05, 0) is 37.5 Å². The van der Waals surface area contributed by atoms with Gasteiger partial charge in [-0.25, -0.2) is 0 Å². The summed E-state index contributed by atoms with van der Waals surface area (Å²) in [6, 6.07) is 8.26. The lowest BCUT2D eigenvalue weighted by molar-refractivity contribution is -0.124. The highest BCUT2D eigenvalue weighted by Gasteiger charge is 2.31. The van der Waals surface area contributed by atoms with E-state index in [0.717, 1.165) is 10.9 Å². The van der Waals surface area contributed by atoms with E-state index >= 15 is 0 Å². The van der Waals surface area contributed by atoms with Gasteiger partial charge in [0.1, 0.15) is 0 Å². The third-order valence-electron chi connectivity index (χ3n) is 3.42. The molecule has 4 heteroatoms. The summed E-state index contributed by atoms with van der Waals surface area (Å²) in [5.41, 5.74) is 5.99. The first-order valence-corrected chi connectivity index (χ1v) is 7.05. The van der Waals surface area contributed by atoms with Crippen molar-refractivity contribution in [2.75, 3.05) is 0 Å². The summed E-state index contributed by atoms with van der Waals surface area (Å²) in [6.07, 6.45) is 1.58. The standard InChI is InChI=1S/C14H21BrN2O/c1-4-12(10-6-8-11(15)9-7-10)17-14(3,5-2)13(16)18/h6-9,12,17H,4-5H2,1-3H3,(H2,16,18). The van der Waals surface area contributed by atoms with Gasteiger partial charge < -0.3 is 5.73 Å². The zero-order valence-electron chi connectivity index (χ0n) is 11.2. The quantitative estimate of drug-likeness (QED) is 0.847. The minimum absolute atomic E-state index is 0.135. The minimum Gasteiger partial charge on any atom is -0.368 e. The number of benzene rings is 1. The Kier molecular flexibility index (Phi) is 5.35. The van der Waals surface area contributed by atoms with Crippen LogP contribution >= 0.6 is 15.9 Å². The van der Waals surface area contributed by atoms with Crippen LogP contribution < -0.4 is 11.1 Å². The number of nitrogens with two attached hydrogens (primary N) is 1. The number of rotatable bonds is 6. The van der Waals surface area contributed by atoms with Crippen LogP contribution in [-0.2, 0) is 4.79 Å². The predicted molar refractivity (Wildman–Crippen MR) is 78.2 cm³/mol. The number of primary amides is 1. The van der Waals surface area contributed by atoms with Crippen molar-refractivity contribution in [3.05, 3.63) is 34.3 Å². The Morgan fingerprint density at radius 2 is 1.94 bits per heavy atom. The third kappa shape index (κ3) is 3.56. The summed E-state index contributed by atoms with van der Waals surface area (Å²) in [4.78, 5) is 11.5. The summed E-state index contributed by atoms with van der Waals surface area (Å²) in [6.45, 7) is 5.92. The van der Waals surface area contributed by atoms with E-state index in [1.807, 2.05) is 26.0 Å². The zero-order valence-corrected chi connectivity index (χ0v) is 12.8. The van der Waals surface area contributed by atoms with E-state index in [4.69, 9.17) is 5.73 Å². The van der Waals surface area contributed by atoms with Crippen molar-refractivity contribution in [1.29, 1.82) is 0 Å². The lowest BCUT2D eigenvalue weighted by Gasteiger charge is -2.31. The maximum atomic E-state index is 11.5. The highest BCUT2D eigenvalue weighted by Crippen LogP contribution is 2.23. The summed E-state index contributed by atoms with van der Waals surface area (Å²) in [7, 11) is 0. The molecule has 0 saturated carbocycles. The number of nitrogens with one attached hydrogen (secondary N) is 1. The molecule has 2 unspecified atom stereocenters. The van der Waals surface area contributed by atoms with Gasteiger partial charge in [-0.1, -0.05) is 41.9 Å². The fraction of sp³-hybridized carbons (Fsp3) is 0.500. The van der Waals surface area contributed by atoms with Crippen LogP contribution in [0.2, 0.25) is 0 Å². The van der Waals surface area contributed by atoms with Crippen LogP contribution in [-0.4, -0.2) is 11.4 Å². The van der Waals surface area contributed by atoms with Gasteiger partial charge in [-0.15, -0.1) is 0 Å². The lowest BCUT2D eigenvalue weighted by atomic mass is 9.94. The molecular weight excluding hydrogens is 292 g/mol. The number of carbonyl (C=O) groups is 1. The molecule has 0 aliphatic rings. The Labute approximate surface area is 117 Å². The van der Waals surface area contributed by atoms with Crippen LogP contribution in [0.25, 0.3) is 0 Å². The molecular formula is C14H21BrN2O. The second-order valence-electron chi connectivity index (χ2n) is 4.71. The Bertz CT molecular complexity index is 405. The highest BCUT2D eigenvalue weighted by atomic mass is 79.9. The number of halogens is 1. The first-order valence-electron chi connectivity index (χ1n) is 6.26. The van der Waals surface area contributed by atoms with Crippen LogP contribution in [0, 0.1) is 0 Å². The number of hydrogen-bond acceptors (Lipinski definition) is 2. The Balaban J connectivity index is 2.91. The third-order valence-corrected chi connectivity index (χ3v) is 3.95. The van der Waals surface area contributed by atoms with Gasteiger partial charge in [0.05, 0.1) is 5.54 Å². The van der Waals surface area contributed by atoms with Crippen molar-refractivity contribution in [2.45, 2.75) is 45.2 Å². The van der Waals surface area contributed by atoms with E-state index in [1.54, 1.807) is 0 Å². The Hall–Kier alpha value is -0.870. The van der Waals surface area contributed by atoms with Gasteiger partial charge >= 0.3 is 0 Å². The van der Waals surface area contributed by atoms with E-state index in [-0.39, 0.29) is 11.9 Å². The average molecular weight is 313 g/mol. The van der Waals surface area contributed by atoms with E-state index in [0.29, 0.717) is 6.42 Å². The van der Waals surface area contributed by atoms with Gasteiger partial charge in [0.2, 0.25) is 5.91 Å². The summed E-state index contributed by atoms with van der Waals surface area (Å²) in [5, 5.41) is 3.38. The number of hydrogen-bond donors (Lipinski definition) is 2. The molecule has 2 atom stereocenters. The second kappa shape index (κ2) is 6.34. The van der Waals surface area contributed by atoms with Gasteiger partial charge in [0, 0.05) is 10.5 Å². The Morgan fingerprint density at radius 3 is 2.33 bits per heavy atom. The molecule has 100 valence electrons. The maximum Gasteiger partial charge on any atom is 0.237 e. The van der Waals surface area contributed by atoms with Crippen LogP contribution in [0.15, 0.2) is 28.7 Å². The molecule has 1 rings (SSSR count). The molecule has 0 saturated heterocycles. The van der Waals surface area contributed by atoms with Gasteiger partial charge in [0.25, 0.3) is 0 Å². The fourth-order valence-electron chi connectivity index (χ4n) is 1.85. The predicted octanol–water partition coefficient (Wildman–Crippen LogP) is 3.14. The zero-order chi connectivity index (χ0) is 13.8. The first-order chi connectivity index (χ1) is 8.42. The molecule has 0 fully saturated rings. The monoisotopic (exact) mass is 312 g/mol. The highest BCUT2D eigenvalue weighted by molar-refractivity contribution is 9.10. The normalized spacial score (nSPS) is 16.0. The number of carbonyl (C=O) groups excluding carboxylic acids is 1. The fourth-order valence-corrected chi connectivity index (χ4v) is 2.11. The van der Waals surface area contributed by atoms with E-state index < -0.39 is 5.54 Å². The Morgan fingerprint density at radius 1 is 1.39 bits per heavy atom. The SMILES string of the molecule is CCC(NC(C)(CC)C(N)=O)c1ccc(Br)cc1. The molecule has 18 heavy (non-hydrogen) atoms. The van der Waals surface area contributed by atoms with Gasteiger partial charge in [-0.2, -0.15) is 0 Å². The van der Waals surface area contributed by atoms with Crippen molar-refractivity contribution >= 4 is 21.8 Å². The summed E-state index contributed by atoms with van der Waals surface area (Å²) in [5.74, 6) is -0.305. The van der Waals surface area contributed by atoms with Crippen LogP contribution in [0.3, 0.4) is 0 Å². The van der Waals surface area contributed by atoms with E-state index in [2.05, 4.69) is 40.3 Å². The molecule has 0 heterocycles. The van der Waals surface area contributed by atoms with Crippen molar-refractivity contribution < 1.29 is 4.79 Å². The van der Waals surface area contributed by atoms with Crippen molar-refractivity contribution in [3.8, 4) is 0 Å². The first kappa shape index (κ1) is 15.2. The molecule has 0 spiro atoms. The molecule has 0 aromatic heterocycles. The molecule has 3 nitrogen and oxygen atoms in total. The van der Waals surface area contributed by atoms with Crippen LogP contribution in [0.1, 0.15) is 45.2 Å². The van der Waals surface area contributed by atoms with Gasteiger partial charge in [0.15, 0.2) is 0 Å². The van der Waals surface area contributed by atoms with Crippen molar-refractivity contribution in [1.82, 2.24) is 5.32 Å². The summed E-state index contributed by atoms with van der Waals surface area (Å²) >= 11 is 3.42. The molecule has 1 aromatic carbocycles. The van der Waals surface area contributed by atoms with Crippen LogP contribution in [0.5, 0.6) is 0 Å². The molecule has 0 aliphatic carbocycles. The second-order valence-corrected chi connectivity index (χ2v) is 5.62. The van der Waals surface area contributed by atoms with Gasteiger partial charge in [-0.3, -0.25) is 10.1 Å². The van der Waals surface area contributed by atoms with Crippen LogP contribution in [0.4, 0.5) is 0 Å². The smallest absolute Gasteiger partial charge is 0.237 e. The molecule has 1 amide bonds. The van der Waals surface area contributed by atoms with Crippen molar-refractivity contribution in [3.63, 3.8) is 0 Å². The molecule has 1 aromatic rings. The molecule has 0 bridgehead atoms. The molecule has 3 N–H and O–H groups in total. The maximum absolute atomic E-state index is 11.5. The molecule has 0 aliphatic heterocycles. The number of amides is 1. The summed E-state index contributed by atoms with van der Waals surface area (Å²) < 4.78 is 1.05. The minimum atomic E-state index is -0.659.